The SMILES string of the molecule is CC1CCC(C2CCC(Cc3cc4c(c(F)c3F)OC(C)CC4)CC2)CC1.CC1CCC(Cc2cc3c(c(F)c2F)OC(C)CC3)CC1.Cc1ccc(Cc2cc3c(c(F)c2F)OC(C)CC3)cc1.Cc1ccc(Cc2cc3ccc(C)c(C)c3c(F)c2F)cc1.Cc1ccc2cc(CC3CCC(C)CC3)c(F)c(F)c2c1C.Cc1ccc2cc(CC3CCC(C4CCC(C)CC4)CC3)c(F)c(F)c2c1C. The van der Waals surface area contributed by atoms with Gasteiger partial charge in [0.25, 0.3) is 0 Å². The zero-order chi connectivity index (χ0) is 100. The molecule has 0 saturated heterocycles. The van der Waals surface area contributed by atoms with E-state index in [0.29, 0.717) is 112 Å². The Kier molecular flexibility index (Phi) is 35.9. The molecule has 0 radical (unpaired) electrons. The Hall–Kier alpha value is -9.24. The van der Waals surface area contributed by atoms with E-state index >= 15 is 0 Å². The van der Waals surface area contributed by atoms with E-state index in [-0.39, 0.29) is 35.6 Å². The lowest BCUT2D eigenvalue weighted by Gasteiger charge is -2.37. The second kappa shape index (κ2) is 47.7. The Bertz CT molecular complexity index is 6130. The number of fused-ring (bicyclic) bond motifs is 6. The lowest BCUT2D eigenvalue weighted by Crippen LogP contribution is -2.26. The van der Waals surface area contributed by atoms with E-state index in [0.717, 1.165) is 200 Å². The van der Waals surface area contributed by atoms with Gasteiger partial charge in [-0.05, 0) is 461 Å². The Morgan fingerprint density at radius 2 is 0.447 bits per heavy atom. The molecule has 9 aliphatic rings. The van der Waals surface area contributed by atoms with Crippen molar-refractivity contribution in [2.45, 2.75) is 353 Å². The van der Waals surface area contributed by atoms with Crippen molar-refractivity contribution in [2.75, 3.05) is 0 Å². The van der Waals surface area contributed by atoms with Crippen molar-refractivity contribution in [2.24, 2.45) is 71.0 Å². The summed E-state index contributed by atoms with van der Waals surface area (Å²) in [7, 11) is 0. The lowest BCUT2D eigenvalue weighted by atomic mass is 9.69. The largest absolute Gasteiger partial charge is 0.487 e. The van der Waals surface area contributed by atoms with E-state index in [1.165, 1.54) is 128 Å². The summed E-state index contributed by atoms with van der Waals surface area (Å²) < 4.78 is 190. The molecular formula is C126H152F12O3. The first-order valence-electron chi connectivity index (χ1n) is 53.7. The third-order valence-electron chi connectivity index (χ3n) is 34.3. The first-order valence-corrected chi connectivity index (χ1v) is 53.7. The maximum absolute atomic E-state index is 14.8. The number of rotatable bonds is 14. The molecule has 758 valence electrons. The molecule has 0 amide bonds. The summed E-state index contributed by atoms with van der Waals surface area (Å²) in [5, 5.41) is 3.70. The van der Waals surface area contributed by atoms with Crippen LogP contribution in [0.15, 0.2) is 121 Å². The van der Waals surface area contributed by atoms with Gasteiger partial charge in [-0.25, -0.2) is 39.5 Å². The maximum atomic E-state index is 14.8. The molecule has 15 heteroatoms. The van der Waals surface area contributed by atoms with E-state index in [1.54, 1.807) is 12.1 Å². The van der Waals surface area contributed by atoms with Crippen molar-refractivity contribution >= 4 is 32.3 Å². The summed E-state index contributed by atoms with van der Waals surface area (Å²) in [6.45, 7) is 30.4. The van der Waals surface area contributed by atoms with Crippen LogP contribution in [-0.4, -0.2) is 18.3 Å². The quantitative estimate of drug-likeness (QED) is 0.102. The third kappa shape index (κ3) is 26.0. The molecule has 3 unspecified atom stereocenters. The fourth-order valence-electron chi connectivity index (χ4n) is 24.5. The van der Waals surface area contributed by atoms with Gasteiger partial charge in [0.05, 0.1) is 18.3 Å². The monoisotopic (exact) mass is 1940 g/mol. The van der Waals surface area contributed by atoms with Crippen LogP contribution in [0.3, 0.4) is 0 Å². The molecule has 6 saturated carbocycles. The minimum Gasteiger partial charge on any atom is -0.487 e. The fraction of sp³-hybridized carbons (Fsp3) is 0.524. The van der Waals surface area contributed by atoms with Crippen LogP contribution in [0, 0.1) is 196 Å². The highest BCUT2D eigenvalue weighted by Gasteiger charge is 2.37. The van der Waals surface area contributed by atoms with Crippen LogP contribution in [0.2, 0.25) is 0 Å². The van der Waals surface area contributed by atoms with Gasteiger partial charge in [-0.1, -0.05) is 175 Å². The summed E-state index contributed by atoms with van der Waals surface area (Å²) in [5.41, 5.74) is 15.2. The first kappa shape index (κ1) is 106. The Labute approximate surface area is 832 Å². The van der Waals surface area contributed by atoms with Gasteiger partial charge >= 0.3 is 0 Å². The second-order valence-electron chi connectivity index (χ2n) is 45.2. The molecule has 0 spiro atoms. The molecule has 6 aliphatic carbocycles. The number of hydrogen-bond acceptors (Lipinski definition) is 3. The van der Waals surface area contributed by atoms with Crippen molar-refractivity contribution in [3.05, 3.63) is 297 Å². The molecule has 3 nitrogen and oxygen atoms in total. The normalized spacial score (nSPS) is 24.3. The van der Waals surface area contributed by atoms with Gasteiger partial charge in [-0.3, -0.25) is 0 Å². The van der Waals surface area contributed by atoms with Crippen LogP contribution >= 0.6 is 0 Å². The fourth-order valence-corrected chi connectivity index (χ4v) is 24.5. The number of ether oxygens (including phenoxy) is 3. The molecular weight excluding hydrogens is 1790 g/mol. The van der Waals surface area contributed by atoms with Crippen LogP contribution in [0.5, 0.6) is 17.2 Å². The molecule has 6 fully saturated rings. The lowest BCUT2D eigenvalue weighted by molar-refractivity contribution is 0.149. The topological polar surface area (TPSA) is 27.7 Å². The third-order valence-corrected chi connectivity index (χ3v) is 34.3. The number of halogens is 12. The number of benzene rings is 11. The van der Waals surface area contributed by atoms with Crippen molar-refractivity contribution < 1.29 is 66.9 Å². The van der Waals surface area contributed by atoms with Crippen LogP contribution in [0.1, 0.15) is 328 Å². The first-order chi connectivity index (χ1) is 67.5. The highest BCUT2D eigenvalue weighted by molar-refractivity contribution is 5.90. The number of hydrogen-bond donors (Lipinski definition) is 0. The average Bonchev–Trinajstić information content (AvgIpc) is 0.796. The standard InChI is InChI=1S/C26H34F2.C24H34F2O.C20H24F2.C20H18F2.C18H24F2O.C18H18F2O/c1-16-4-9-20(10-5-16)21-12-7-19(8-13-21)14-23-15-22-11-6-17(2)18(3)24(22)26(28)25(23)27;1-15-3-8-18(9-4-15)19-11-6-17(7-12-19)13-21-14-20-10-5-16(2)27-24(20)23(26)22(21)25;2*1-12-4-7-15(8-5-12)10-17-11-16-9-6-13(2)14(3)18(16)20(22)19(17)21;2*1-11-3-6-13(7-4-11)9-15-10-14-8-5-12(2)21-18(14)17(20)16(15)19/h6,11,15-16,19-21H,4-5,7-10,12-14H2,1-3H3;14-19H,3-13H2,1-2H3;6,9,11-12,15H,4-5,7-8,10H2,1-3H3;4-9,11H,10H2,1-3H3;10-13H,3-9H2,1-2H3;3-4,6-7,10,12H,5,8-9H2,1-2H3. The van der Waals surface area contributed by atoms with Gasteiger partial charge in [-0.2, -0.15) is 13.2 Å². The zero-order valence-electron chi connectivity index (χ0n) is 86.4. The summed E-state index contributed by atoms with van der Waals surface area (Å²) in [6.07, 6.45) is 38.6. The zero-order valence-corrected chi connectivity index (χ0v) is 86.4. The van der Waals surface area contributed by atoms with Crippen molar-refractivity contribution in [1.82, 2.24) is 0 Å². The smallest absolute Gasteiger partial charge is 0.201 e. The van der Waals surface area contributed by atoms with Crippen molar-refractivity contribution in [3.63, 3.8) is 0 Å². The van der Waals surface area contributed by atoms with Crippen molar-refractivity contribution in [3.8, 4) is 17.2 Å². The van der Waals surface area contributed by atoms with Gasteiger partial charge in [0.2, 0.25) is 17.5 Å². The van der Waals surface area contributed by atoms with Gasteiger partial charge in [0.15, 0.2) is 69.6 Å². The summed E-state index contributed by atoms with van der Waals surface area (Å²) in [5.74, 6) is 0.730. The molecule has 0 aromatic heterocycles. The molecule has 3 atom stereocenters. The van der Waals surface area contributed by atoms with Gasteiger partial charge < -0.3 is 14.2 Å². The molecule has 0 N–H and O–H groups in total. The average molecular weight is 1940 g/mol. The molecule has 3 heterocycles. The van der Waals surface area contributed by atoms with Crippen LogP contribution < -0.4 is 14.2 Å². The minimum atomic E-state index is -0.846. The Morgan fingerprint density at radius 1 is 0.227 bits per heavy atom. The van der Waals surface area contributed by atoms with E-state index in [1.807, 2.05) is 185 Å². The van der Waals surface area contributed by atoms with E-state index < -0.39 is 69.8 Å². The van der Waals surface area contributed by atoms with Gasteiger partial charge in [-0.15, -0.1) is 0 Å². The molecule has 11 aromatic rings. The highest BCUT2D eigenvalue weighted by atomic mass is 19.2. The predicted octanol–water partition coefficient (Wildman–Crippen LogP) is 36.1. The van der Waals surface area contributed by atoms with Crippen LogP contribution in [0.4, 0.5) is 52.7 Å². The maximum Gasteiger partial charge on any atom is 0.201 e. The van der Waals surface area contributed by atoms with E-state index in [4.69, 9.17) is 14.2 Å². The van der Waals surface area contributed by atoms with Gasteiger partial charge in [0.1, 0.15) is 0 Å². The summed E-state index contributed by atoms with van der Waals surface area (Å²) >= 11 is 0. The molecule has 141 heavy (non-hydrogen) atoms. The minimum absolute atomic E-state index is 0.0305. The molecule has 20 rings (SSSR count). The van der Waals surface area contributed by atoms with E-state index in [9.17, 15) is 52.7 Å². The molecule has 0 bridgehead atoms. The number of aryl methyl sites for hydroxylation is 11. The Balaban J connectivity index is 0.000000128. The Morgan fingerprint density at radius 3 is 0.738 bits per heavy atom. The van der Waals surface area contributed by atoms with E-state index in [2.05, 4.69) is 27.7 Å². The van der Waals surface area contributed by atoms with Gasteiger partial charge in [0, 0.05) is 29.0 Å². The second-order valence-corrected chi connectivity index (χ2v) is 45.2. The molecule has 3 aliphatic heterocycles. The van der Waals surface area contributed by atoms with Crippen LogP contribution in [-0.2, 0) is 57.8 Å². The summed E-state index contributed by atoms with van der Waals surface area (Å²) in [6, 6.07) is 38.4. The van der Waals surface area contributed by atoms with Crippen molar-refractivity contribution in [1.29, 1.82) is 0 Å². The predicted molar refractivity (Wildman–Crippen MR) is 552 cm³/mol. The van der Waals surface area contributed by atoms with Crippen LogP contribution in [0.25, 0.3) is 32.3 Å². The molecule has 11 aromatic carbocycles. The highest BCUT2D eigenvalue weighted by Crippen LogP contribution is 2.48. The summed E-state index contributed by atoms with van der Waals surface area (Å²) in [4.78, 5) is 0.